The molecule has 8 nitrogen and oxygen atoms in total. The first-order valence-electron chi connectivity index (χ1n) is 7.01. The molecule has 1 aliphatic rings. The molecule has 0 amide bonds. The average molecular weight is 343 g/mol. The molecule has 0 spiro atoms. The lowest BCUT2D eigenvalue weighted by Gasteiger charge is -2.08. The number of carboxylic acids is 1. The Hall–Kier alpha value is -2.13. The smallest absolute Gasteiger partial charge is 0.347 e. The number of hydrogen-bond acceptors (Lipinski definition) is 6. The molecule has 1 aromatic carbocycles. The van der Waals surface area contributed by atoms with E-state index in [1.54, 1.807) is 6.92 Å². The monoisotopic (exact) mass is 343 g/mol. The minimum Gasteiger partial charge on any atom is -0.481 e. The Bertz CT molecular complexity index is 714. The van der Waals surface area contributed by atoms with Gasteiger partial charge in [0.05, 0.1) is 17.9 Å². The minimum atomic E-state index is -3.81. The molecule has 126 valence electrons. The van der Waals surface area contributed by atoms with Crippen LogP contribution in [0.1, 0.15) is 18.9 Å². The van der Waals surface area contributed by atoms with Crippen LogP contribution in [-0.4, -0.2) is 44.7 Å². The lowest BCUT2D eigenvalue weighted by Crippen LogP contribution is -2.27. The zero-order chi connectivity index (χ0) is 17.0. The van der Waals surface area contributed by atoms with Crippen LogP contribution < -0.4 is 9.46 Å². The summed E-state index contributed by atoms with van der Waals surface area (Å²) in [7, 11) is -3.81. The summed E-state index contributed by atoms with van der Waals surface area (Å²) in [6, 6.07) is 4.23. The Morgan fingerprint density at radius 1 is 1.43 bits per heavy atom. The van der Waals surface area contributed by atoms with Crippen molar-refractivity contribution in [1.82, 2.24) is 4.72 Å². The number of hydrogen-bond donors (Lipinski definition) is 2. The van der Waals surface area contributed by atoms with Gasteiger partial charge in [-0.3, -0.25) is 4.79 Å². The van der Waals surface area contributed by atoms with E-state index in [4.69, 9.17) is 14.6 Å². The molecule has 1 atom stereocenters. The zero-order valence-electron chi connectivity index (χ0n) is 12.4. The van der Waals surface area contributed by atoms with E-state index in [-0.39, 0.29) is 30.9 Å². The van der Waals surface area contributed by atoms with Crippen molar-refractivity contribution in [3.05, 3.63) is 23.8 Å². The molecular weight excluding hydrogens is 326 g/mol. The number of benzene rings is 1. The highest BCUT2D eigenvalue weighted by molar-refractivity contribution is 7.89. The fourth-order valence-electron chi connectivity index (χ4n) is 2.13. The number of carbonyl (C=O) groups excluding carboxylic acids is 1. The molecule has 0 bridgehead atoms. The Balaban J connectivity index is 2.10. The van der Waals surface area contributed by atoms with E-state index in [1.807, 2.05) is 0 Å². The summed E-state index contributed by atoms with van der Waals surface area (Å²) in [5.41, 5.74) is 0.587. The third-order valence-corrected chi connectivity index (χ3v) is 4.66. The van der Waals surface area contributed by atoms with Gasteiger partial charge in [0.1, 0.15) is 5.75 Å². The number of aliphatic carboxylic acids is 1. The third-order valence-electron chi connectivity index (χ3n) is 3.20. The highest BCUT2D eigenvalue weighted by Gasteiger charge is 2.31. The van der Waals surface area contributed by atoms with Gasteiger partial charge >= 0.3 is 11.9 Å². The maximum atomic E-state index is 12.1. The summed E-state index contributed by atoms with van der Waals surface area (Å²) >= 11 is 0. The standard InChI is InChI=1S/C14H17NO7S/c1-2-21-14(18)12-8-9-7-10(3-4-11(9)22-12)23(19,20)15-6-5-13(16)17/h3-4,7,12,15H,2,5-6,8H2,1H3,(H,16,17). The Labute approximate surface area is 133 Å². The van der Waals surface area contributed by atoms with Gasteiger partial charge in [-0.05, 0) is 30.7 Å². The van der Waals surface area contributed by atoms with Crippen LogP contribution in [0.2, 0.25) is 0 Å². The number of sulfonamides is 1. The number of esters is 1. The van der Waals surface area contributed by atoms with Crippen LogP contribution in [0, 0.1) is 0 Å². The van der Waals surface area contributed by atoms with E-state index in [2.05, 4.69) is 4.72 Å². The number of carboxylic acid groups (broad SMARTS) is 1. The molecule has 1 aliphatic heterocycles. The SMILES string of the molecule is CCOC(=O)C1Cc2cc(S(=O)(=O)NCCC(=O)O)ccc2O1. The molecule has 0 aliphatic carbocycles. The van der Waals surface area contributed by atoms with Gasteiger partial charge < -0.3 is 14.6 Å². The van der Waals surface area contributed by atoms with Crippen LogP contribution >= 0.6 is 0 Å². The van der Waals surface area contributed by atoms with Crippen LogP contribution in [0.15, 0.2) is 23.1 Å². The molecule has 0 saturated carbocycles. The van der Waals surface area contributed by atoms with Gasteiger partial charge in [0, 0.05) is 13.0 Å². The Morgan fingerprint density at radius 2 is 2.17 bits per heavy atom. The molecule has 9 heteroatoms. The molecule has 0 aromatic heterocycles. The van der Waals surface area contributed by atoms with Gasteiger partial charge in [-0.2, -0.15) is 0 Å². The largest absolute Gasteiger partial charge is 0.481 e. The van der Waals surface area contributed by atoms with E-state index < -0.39 is 28.1 Å². The molecule has 1 heterocycles. The average Bonchev–Trinajstić information content (AvgIpc) is 2.90. The lowest BCUT2D eigenvalue weighted by atomic mass is 10.1. The highest BCUT2D eigenvalue weighted by Crippen LogP contribution is 2.31. The molecule has 2 N–H and O–H groups in total. The van der Waals surface area contributed by atoms with E-state index in [0.717, 1.165) is 0 Å². The summed E-state index contributed by atoms with van der Waals surface area (Å²) in [5.74, 6) is -1.15. The zero-order valence-corrected chi connectivity index (χ0v) is 13.3. The summed E-state index contributed by atoms with van der Waals surface area (Å²) < 4.78 is 36.7. The predicted molar refractivity (Wildman–Crippen MR) is 78.6 cm³/mol. The lowest BCUT2D eigenvalue weighted by molar-refractivity contribution is -0.150. The third kappa shape index (κ3) is 4.20. The van der Waals surface area contributed by atoms with Crippen molar-refractivity contribution in [2.45, 2.75) is 30.8 Å². The quantitative estimate of drug-likeness (QED) is 0.684. The first kappa shape index (κ1) is 17.2. The van der Waals surface area contributed by atoms with Crippen LogP contribution in [0.4, 0.5) is 0 Å². The molecule has 1 aromatic rings. The fraction of sp³-hybridized carbons (Fsp3) is 0.429. The van der Waals surface area contributed by atoms with Crippen molar-refractivity contribution in [2.24, 2.45) is 0 Å². The van der Waals surface area contributed by atoms with Gasteiger partial charge in [-0.25, -0.2) is 17.9 Å². The number of fused-ring (bicyclic) bond motifs is 1. The maximum absolute atomic E-state index is 12.1. The van der Waals surface area contributed by atoms with Crippen molar-refractivity contribution in [3.8, 4) is 5.75 Å². The van der Waals surface area contributed by atoms with Crippen molar-refractivity contribution in [2.75, 3.05) is 13.2 Å². The Kier molecular flexibility index (Phi) is 5.22. The molecule has 1 unspecified atom stereocenters. The summed E-state index contributed by atoms with van der Waals surface area (Å²) in [4.78, 5) is 22.1. The number of carbonyl (C=O) groups is 2. The molecule has 2 rings (SSSR count). The Morgan fingerprint density at radius 3 is 2.83 bits per heavy atom. The fourth-order valence-corrected chi connectivity index (χ4v) is 3.22. The minimum absolute atomic E-state index is 0.00486. The molecule has 23 heavy (non-hydrogen) atoms. The molecule has 0 radical (unpaired) electrons. The second-order valence-corrected chi connectivity index (χ2v) is 6.64. The van der Waals surface area contributed by atoms with E-state index in [9.17, 15) is 18.0 Å². The second kappa shape index (κ2) is 6.97. The van der Waals surface area contributed by atoms with Crippen LogP contribution in [0.25, 0.3) is 0 Å². The van der Waals surface area contributed by atoms with E-state index >= 15 is 0 Å². The van der Waals surface area contributed by atoms with E-state index in [1.165, 1.54) is 18.2 Å². The van der Waals surface area contributed by atoms with Gasteiger partial charge in [0.25, 0.3) is 0 Å². The first-order chi connectivity index (χ1) is 10.8. The number of rotatable bonds is 7. The predicted octanol–water partition coefficient (Wildman–Crippen LogP) is 0.306. The van der Waals surface area contributed by atoms with Crippen molar-refractivity contribution < 1.29 is 32.6 Å². The van der Waals surface area contributed by atoms with Gasteiger partial charge in [0.2, 0.25) is 10.0 Å². The summed E-state index contributed by atoms with van der Waals surface area (Å²) in [6.07, 6.45) is -0.854. The normalized spacial score (nSPS) is 16.5. The van der Waals surface area contributed by atoms with Crippen LogP contribution in [0.5, 0.6) is 5.75 Å². The van der Waals surface area contributed by atoms with Gasteiger partial charge in [0.15, 0.2) is 6.10 Å². The second-order valence-electron chi connectivity index (χ2n) is 4.87. The molecule has 0 saturated heterocycles. The number of ether oxygens (including phenoxy) is 2. The van der Waals surface area contributed by atoms with Crippen molar-refractivity contribution in [3.63, 3.8) is 0 Å². The van der Waals surface area contributed by atoms with Crippen molar-refractivity contribution in [1.29, 1.82) is 0 Å². The van der Waals surface area contributed by atoms with Gasteiger partial charge in [-0.1, -0.05) is 0 Å². The van der Waals surface area contributed by atoms with E-state index in [0.29, 0.717) is 11.3 Å². The summed E-state index contributed by atoms with van der Waals surface area (Å²) in [5, 5.41) is 8.54. The van der Waals surface area contributed by atoms with Crippen LogP contribution in [0.3, 0.4) is 0 Å². The van der Waals surface area contributed by atoms with Crippen LogP contribution in [-0.2, 0) is 30.8 Å². The number of nitrogens with one attached hydrogen (secondary N) is 1. The maximum Gasteiger partial charge on any atom is 0.347 e. The van der Waals surface area contributed by atoms with Gasteiger partial charge in [-0.15, -0.1) is 0 Å². The highest BCUT2D eigenvalue weighted by atomic mass is 32.2. The molecule has 0 fully saturated rings. The topological polar surface area (TPSA) is 119 Å². The summed E-state index contributed by atoms with van der Waals surface area (Å²) in [6.45, 7) is 1.73. The first-order valence-corrected chi connectivity index (χ1v) is 8.49. The van der Waals surface area contributed by atoms with Crippen molar-refractivity contribution >= 4 is 22.0 Å². The molecular formula is C14H17NO7S.